The van der Waals surface area contributed by atoms with Crippen LogP contribution in [0.1, 0.15) is 66.7 Å². The fourth-order valence-electron chi connectivity index (χ4n) is 4.67. The summed E-state index contributed by atoms with van der Waals surface area (Å²) in [5, 5.41) is 2.85. The van der Waals surface area contributed by atoms with E-state index in [1.54, 1.807) is 0 Å². The van der Waals surface area contributed by atoms with Gasteiger partial charge in [-0.05, 0) is 31.6 Å². The molecule has 3 unspecified atom stereocenters. The molecule has 144 valence electrons. The zero-order valence-electron chi connectivity index (χ0n) is 16.8. The van der Waals surface area contributed by atoms with Crippen molar-refractivity contribution in [3.05, 3.63) is 11.6 Å². The highest BCUT2D eigenvalue weighted by Crippen LogP contribution is 2.53. The van der Waals surface area contributed by atoms with Crippen LogP contribution >= 0.6 is 0 Å². The molecule has 4 heteroatoms. The first-order chi connectivity index (χ1) is 12.0. The molecule has 1 saturated heterocycles. The molecule has 0 radical (unpaired) electrons. The third-order valence-electron chi connectivity index (χ3n) is 6.47. The molecule has 1 heterocycles. The molecule has 0 spiro atoms. The number of carbonyl (C=O) groups is 1. The second-order valence-electron chi connectivity index (χ2n) is 8.10. The number of unbranched alkanes of at least 4 members (excludes halogenated alkanes) is 2. The Morgan fingerprint density at radius 2 is 2.04 bits per heavy atom. The Morgan fingerprint density at radius 3 is 2.72 bits per heavy atom. The molecular weight excluding hydrogens is 314 g/mol. The summed E-state index contributed by atoms with van der Waals surface area (Å²) < 4.78 is 12.0. The molecule has 2 rings (SSSR count). The minimum Gasteiger partial charge on any atom is -0.449 e. The van der Waals surface area contributed by atoms with Gasteiger partial charge < -0.3 is 14.8 Å². The number of rotatable bonds is 8. The Balaban J connectivity index is 2.05. The van der Waals surface area contributed by atoms with E-state index in [9.17, 15) is 4.79 Å². The van der Waals surface area contributed by atoms with Crippen molar-refractivity contribution in [2.45, 2.75) is 72.8 Å². The molecule has 25 heavy (non-hydrogen) atoms. The molecule has 1 aliphatic heterocycles. The van der Waals surface area contributed by atoms with Crippen LogP contribution in [0.25, 0.3) is 0 Å². The van der Waals surface area contributed by atoms with Crippen LogP contribution in [-0.4, -0.2) is 32.0 Å². The van der Waals surface area contributed by atoms with Gasteiger partial charge in [0.05, 0.1) is 12.7 Å². The van der Waals surface area contributed by atoms with E-state index in [1.165, 1.54) is 18.4 Å². The summed E-state index contributed by atoms with van der Waals surface area (Å²) in [7, 11) is 0. The van der Waals surface area contributed by atoms with Crippen LogP contribution in [0.2, 0.25) is 0 Å². The first kappa shape index (κ1) is 20.3. The smallest absolute Gasteiger partial charge is 0.407 e. The molecule has 1 fully saturated rings. The summed E-state index contributed by atoms with van der Waals surface area (Å²) in [5.41, 5.74) is 1.35. The van der Waals surface area contributed by atoms with Gasteiger partial charge in [0, 0.05) is 17.9 Å². The Labute approximate surface area is 153 Å². The number of carbonyl (C=O) groups excluding carboxylic acids is 1. The number of alkyl carbamates (subject to hydrolysis) is 1. The van der Waals surface area contributed by atoms with E-state index in [1.807, 2.05) is 0 Å². The molecule has 2 aliphatic rings. The lowest BCUT2D eigenvalue weighted by Gasteiger charge is -2.55. The molecule has 4 nitrogen and oxygen atoms in total. The normalized spacial score (nSPS) is 34.4. The quantitative estimate of drug-likeness (QED) is 0.498. The molecule has 0 saturated carbocycles. The zero-order valence-corrected chi connectivity index (χ0v) is 16.8. The van der Waals surface area contributed by atoms with Crippen molar-refractivity contribution >= 4 is 6.09 Å². The molecular formula is C21H37NO3. The molecule has 1 N–H and O–H groups in total. The zero-order chi connectivity index (χ0) is 18.4. The average Bonchev–Trinajstić information content (AvgIpc) is 2.58. The van der Waals surface area contributed by atoms with Crippen molar-refractivity contribution in [2.24, 2.45) is 23.2 Å². The van der Waals surface area contributed by atoms with Gasteiger partial charge in [-0.25, -0.2) is 4.79 Å². The van der Waals surface area contributed by atoms with Crippen molar-refractivity contribution in [3.63, 3.8) is 0 Å². The summed E-state index contributed by atoms with van der Waals surface area (Å²) in [5.74, 6) is 1.27. The molecule has 5 atom stereocenters. The maximum absolute atomic E-state index is 12.0. The van der Waals surface area contributed by atoms with Gasteiger partial charge in [-0.2, -0.15) is 0 Å². The van der Waals surface area contributed by atoms with Crippen molar-refractivity contribution in [1.29, 1.82) is 0 Å². The predicted molar refractivity (Wildman–Crippen MR) is 102 cm³/mol. The summed E-state index contributed by atoms with van der Waals surface area (Å²) in [6, 6.07) is 0. The third kappa shape index (κ3) is 4.39. The second kappa shape index (κ2) is 9.07. The fourth-order valence-corrected chi connectivity index (χ4v) is 4.67. The van der Waals surface area contributed by atoms with Gasteiger partial charge in [-0.15, -0.1) is 0 Å². The molecule has 0 aromatic rings. The van der Waals surface area contributed by atoms with E-state index in [2.05, 4.69) is 46.0 Å². The predicted octanol–water partition coefficient (Wildman–Crippen LogP) is 4.94. The summed E-state index contributed by atoms with van der Waals surface area (Å²) in [6.07, 6.45) is 8.00. The Morgan fingerprint density at radius 1 is 1.32 bits per heavy atom. The Hall–Kier alpha value is -1.03. The van der Waals surface area contributed by atoms with Crippen LogP contribution in [0, 0.1) is 23.2 Å². The van der Waals surface area contributed by atoms with Gasteiger partial charge in [0.15, 0.2) is 0 Å². The van der Waals surface area contributed by atoms with E-state index >= 15 is 0 Å². The highest BCUT2D eigenvalue weighted by Gasteiger charge is 2.53. The van der Waals surface area contributed by atoms with Gasteiger partial charge in [-0.1, -0.05) is 58.6 Å². The Kier molecular flexibility index (Phi) is 7.36. The summed E-state index contributed by atoms with van der Waals surface area (Å²) >= 11 is 0. The number of ether oxygens (including phenoxy) is 2. The van der Waals surface area contributed by atoms with Crippen LogP contribution in [-0.2, 0) is 9.47 Å². The van der Waals surface area contributed by atoms with Crippen molar-refractivity contribution < 1.29 is 14.3 Å². The van der Waals surface area contributed by atoms with Gasteiger partial charge >= 0.3 is 6.09 Å². The van der Waals surface area contributed by atoms with E-state index in [0.717, 1.165) is 19.3 Å². The van der Waals surface area contributed by atoms with E-state index in [0.29, 0.717) is 43.6 Å². The molecule has 1 amide bonds. The maximum Gasteiger partial charge on any atom is 0.407 e. The van der Waals surface area contributed by atoms with Crippen molar-refractivity contribution in [2.75, 3.05) is 19.8 Å². The highest BCUT2D eigenvalue weighted by molar-refractivity contribution is 5.67. The van der Waals surface area contributed by atoms with Gasteiger partial charge in [0.1, 0.15) is 6.61 Å². The number of nitrogens with one attached hydrogen (secondary N) is 1. The lowest BCUT2D eigenvalue weighted by atomic mass is 9.56. The molecule has 2 bridgehead atoms. The topological polar surface area (TPSA) is 47.6 Å². The van der Waals surface area contributed by atoms with Crippen LogP contribution in [0.15, 0.2) is 11.6 Å². The van der Waals surface area contributed by atoms with Crippen molar-refractivity contribution in [1.82, 2.24) is 5.32 Å². The monoisotopic (exact) mass is 351 g/mol. The van der Waals surface area contributed by atoms with Gasteiger partial charge in [0.2, 0.25) is 0 Å². The van der Waals surface area contributed by atoms with Crippen LogP contribution < -0.4 is 5.32 Å². The molecule has 0 aromatic carbocycles. The standard InChI is InChI=1S/C21H37NO3/c1-6-8-10-18-19-15(3)12-16(4)21(13-24-18,17(19)5)14-25-20(23)22-11-9-7-2/h12,16-19H,6-11,13-14H2,1-5H3,(H,22,23)/t16?,17-,18?,19?,21-/m1/s1. The molecule has 1 aliphatic carbocycles. The number of hydrogen-bond acceptors (Lipinski definition) is 3. The number of hydrogen-bond donors (Lipinski definition) is 1. The lowest BCUT2D eigenvalue weighted by Crippen LogP contribution is -2.57. The number of allylic oxidation sites excluding steroid dienone is 1. The highest BCUT2D eigenvalue weighted by atomic mass is 16.6. The minimum atomic E-state index is -0.293. The lowest BCUT2D eigenvalue weighted by molar-refractivity contribution is -0.165. The van der Waals surface area contributed by atoms with Gasteiger partial charge in [0.25, 0.3) is 0 Å². The van der Waals surface area contributed by atoms with Gasteiger partial charge in [-0.3, -0.25) is 0 Å². The summed E-state index contributed by atoms with van der Waals surface area (Å²) in [6.45, 7) is 13.0. The fraction of sp³-hybridized carbons (Fsp3) is 0.857. The largest absolute Gasteiger partial charge is 0.449 e. The average molecular weight is 352 g/mol. The second-order valence-corrected chi connectivity index (χ2v) is 8.10. The van der Waals surface area contributed by atoms with Crippen LogP contribution in [0.3, 0.4) is 0 Å². The number of fused-ring (bicyclic) bond motifs is 2. The van der Waals surface area contributed by atoms with Crippen LogP contribution in [0.4, 0.5) is 4.79 Å². The van der Waals surface area contributed by atoms with E-state index < -0.39 is 0 Å². The Bertz CT molecular complexity index is 476. The minimum absolute atomic E-state index is 0.102. The first-order valence-corrected chi connectivity index (χ1v) is 10.2. The molecule has 0 aromatic heterocycles. The SMILES string of the molecule is CCCCNC(=O)OC[C@]12COC(CCCC)C(C(C)=CC1C)[C@H]2C. The first-order valence-electron chi connectivity index (χ1n) is 10.2. The number of amides is 1. The van der Waals surface area contributed by atoms with Crippen LogP contribution in [0.5, 0.6) is 0 Å². The van der Waals surface area contributed by atoms with Crippen molar-refractivity contribution in [3.8, 4) is 0 Å². The third-order valence-corrected chi connectivity index (χ3v) is 6.47. The van der Waals surface area contributed by atoms with E-state index in [-0.39, 0.29) is 11.5 Å². The maximum atomic E-state index is 12.0. The van der Waals surface area contributed by atoms with E-state index in [4.69, 9.17) is 9.47 Å². The summed E-state index contributed by atoms with van der Waals surface area (Å²) in [4.78, 5) is 12.0.